The largest absolute Gasteiger partial charge is 0.462 e. The topological polar surface area (TPSA) is 52.3 Å². The van der Waals surface area contributed by atoms with E-state index in [9.17, 15) is 9.18 Å². The zero-order chi connectivity index (χ0) is 12.1. The molecule has 88 valence electrons. The lowest BCUT2D eigenvalue weighted by Crippen LogP contribution is -2.35. The van der Waals surface area contributed by atoms with Gasteiger partial charge in [0.2, 0.25) is 0 Å². The molecule has 1 atom stereocenters. The Morgan fingerprint density at radius 1 is 1.50 bits per heavy atom. The smallest absolute Gasteiger partial charge is 0.323 e. The molecule has 0 fully saturated rings. The van der Waals surface area contributed by atoms with Crippen LogP contribution in [-0.4, -0.2) is 18.1 Å². The van der Waals surface area contributed by atoms with Crippen LogP contribution in [0.2, 0.25) is 0 Å². The van der Waals surface area contributed by atoms with Crippen molar-refractivity contribution in [2.24, 2.45) is 5.73 Å². The molecule has 1 aromatic carbocycles. The molecule has 0 aliphatic rings. The minimum absolute atomic E-state index is 0.189. The van der Waals surface area contributed by atoms with E-state index in [2.05, 4.69) is 0 Å². The van der Waals surface area contributed by atoms with Gasteiger partial charge in [-0.3, -0.25) is 4.79 Å². The standard InChI is InChI=1S/C12H16FNO2/c1-8(2)16-12(15)11(14)7-9-4-3-5-10(13)6-9/h3-6,8,11H,7,14H2,1-2H3/t11-/m0/s1. The number of nitrogens with two attached hydrogens (primary N) is 1. The van der Waals surface area contributed by atoms with Gasteiger partial charge in [0.1, 0.15) is 11.9 Å². The number of benzene rings is 1. The first kappa shape index (κ1) is 12.6. The first-order chi connectivity index (χ1) is 7.49. The van der Waals surface area contributed by atoms with Crippen molar-refractivity contribution < 1.29 is 13.9 Å². The summed E-state index contributed by atoms with van der Waals surface area (Å²) in [6.45, 7) is 3.51. The second kappa shape index (κ2) is 5.61. The first-order valence-electron chi connectivity index (χ1n) is 5.19. The Bertz CT molecular complexity index is 366. The van der Waals surface area contributed by atoms with Crippen LogP contribution in [0.4, 0.5) is 4.39 Å². The molecule has 1 aromatic rings. The molecule has 1 rings (SSSR count). The van der Waals surface area contributed by atoms with E-state index in [4.69, 9.17) is 10.5 Å². The first-order valence-corrected chi connectivity index (χ1v) is 5.19. The van der Waals surface area contributed by atoms with Gasteiger partial charge in [-0.25, -0.2) is 4.39 Å². The molecule has 0 radical (unpaired) electrons. The van der Waals surface area contributed by atoms with Crippen LogP contribution < -0.4 is 5.73 Å². The van der Waals surface area contributed by atoms with Crippen LogP contribution in [0.25, 0.3) is 0 Å². The second-order valence-corrected chi connectivity index (χ2v) is 3.93. The molecule has 0 aliphatic heterocycles. The van der Waals surface area contributed by atoms with E-state index in [1.54, 1.807) is 26.0 Å². The SMILES string of the molecule is CC(C)OC(=O)[C@@H](N)Cc1cccc(F)c1. The molecule has 0 spiro atoms. The summed E-state index contributed by atoms with van der Waals surface area (Å²) >= 11 is 0. The van der Waals surface area contributed by atoms with Gasteiger partial charge < -0.3 is 10.5 Å². The number of rotatable bonds is 4. The van der Waals surface area contributed by atoms with E-state index < -0.39 is 12.0 Å². The zero-order valence-corrected chi connectivity index (χ0v) is 9.44. The van der Waals surface area contributed by atoms with Gasteiger partial charge in [-0.15, -0.1) is 0 Å². The summed E-state index contributed by atoms with van der Waals surface area (Å²) in [6.07, 6.45) is 0.0922. The highest BCUT2D eigenvalue weighted by molar-refractivity contribution is 5.76. The number of ether oxygens (including phenoxy) is 1. The Labute approximate surface area is 94.4 Å². The molecular weight excluding hydrogens is 209 g/mol. The molecule has 0 bridgehead atoms. The summed E-state index contributed by atoms with van der Waals surface area (Å²) in [7, 11) is 0. The molecule has 0 aromatic heterocycles. The van der Waals surface area contributed by atoms with Crippen molar-refractivity contribution >= 4 is 5.97 Å². The monoisotopic (exact) mass is 225 g/mol. The molecular formula is C12H16FNO2. The van der Waals surface area contributed by atoms with Crippen LogP contribution in [0.1, 0.15) is 19.4 Å². The number of carbonyl (C=O) groups is 1. The highest BCUT2D eigenvalue weighted by atomic mass is 19.1. The van der Waals surface area contributed by atoms with Gasteiger partial charge in [-0.05, 0) is 38.0 Å². The van der Waals surface area contributed by atoms with Crippen LogP contribution in [0.15, 0.2) is 24.3 Å². The number of carbonyl (C=O) groups excluding carboxylic acids is 1. The van der Waals surface area contributed by atoms with Crippen LogP contribution in [0.3, 0.4) is 0 Å². The lowest BCUT2D eigenvalue weighted by Gasteiger charge is -2.13. The van der Waals surface area contributed by atoms with Crippen LogP contribution in [-0.2, 0) is 16.0 Å². The minimum atomic E-state index is -0.746. The molecule has 2 N–H and O–H groups in total. The van der Waals surface area contributed by atoms with E-state index in [0.717, 1.165) is 0 Å². The van der Waals surface area contributed by atoms with Gasteiger partial charge in [0.05, 0.1) is 6.10 Å². The van der Waals surface area contributed by atoms with Gasteiger partial charge in [0.25, 0.3) is 0 Å². The highest BCUT2D eigenvalue weighted by Gasteiger charge is 2.16. The molecule has 0 amide bonds. The Balaban J connectivity index is 2.57. The van der Waals surface area contributed by atoms with Crippen molar-refractivity contribution in [3.8, 4) is 0 Å². The highest BCUT2D eigenvalue weighted by Crippen LogP contribution is 2.07. The van der Waals surface area contributed by atoms with Crippen molar-refractivity contribution in [3.63, 3.8) is 0 Å². The van der Waals surface area contributed by atoms with Gasteiger partial charge in [0, 0.05) is 0 Å². The predicted octanol–water partition coefficient (Wildman–Crippen LogP) is 1.65. The number of hydrogen-bond acceptors (Lipinski definition) is 3. The van der Waals surface area contributed by atoms with Gasteiger partial charge in [-0.1, -0.05) is 12.1 Å². The Kier molecular flexibility index (Phi) is 4.43. The fourth-order valence-electron chi connectivity index (χ4n) is 1.32. The molecule has 0 unspecified atom stereocenters. The Morgan fingerprint density at radius 3 is 2.75 bits per heavy atom. The summed E-state index contributed by atoms with van der Waals surface area (Å²) in [4.78, 5) is 11.4. The van der Waals surface area contributed by atoms with Gasteiger partial charge >= 0.3 is 5.97 Å². The molecule has 0 saturated carbocycles. The van der Waals surface area contributed by atoms with E-state index in [1.165, 1.54) is 12.1 Å². The van der Waals surface area contributed by atoms with Crippen LogP contribution in [0, 0.1) is 5.82 Å². The maximum Gasteiger partial charge on any atom is 0.323 e. The summed E-state index contributed by atoms with van der Waals surface area (Å²) in [6, 6.07) is 5.28. The number of halogens is 1. The lowest BCUT2D eigenvalue weighted by molar-refractivity contribution is -0.148. The van der Waals surface area contributed by atoms with Gasteiger partial charge in [-0.2, -0.15) is 0 Å². The van der Waals surface area contributed by atoms with E-state index >= 15 is 0 Å². The molecule has 4 heteroatoms. The average Bonchev–Trinajstić information content (AvgIpc) is 2.16. The molecule has 3 nitrogen and oxygen atoms in total. The molecule has 0 aliphatic carbocycles. The molecule has 0 saturated heterocycles. The number of esters is 1. The quantitative estimate of drug-likeness (QED) is 0.793. The van der Waals surface area contributed by atoms with Crippen LogP contribution >= 0.6 is 0 Å². The Morgan fingerprint density at radius 2 is 2.19 bits per heavy atom. The second-order valence-electron chi connectivity index (χ2n) is 3.93. The van der Waals surface area contributed by atoms with Crippen molar-refractivity contribution in [2.45, 2.75) is 32.4 Å². The summed E-state index contributed by atoms with van der Waals surface area (Å²) in [5.74, 6) is -0.791. The average molecular weight is 225 g/mol. The zero-order valence-electron chi connectivity index (χ0n) is 9.44. The molecule has 0 heterocycles. The van der Waals surface area contributed by atoms with Crippen molar-refractivity contribution in [2.75, 3.05) is 0 Å². The molecule has 16 heavy (non-hydrogen) atoms. The third-order valence-corrected chi connectivity index (χ3v) is 2.00. The van der Waals surface area contributed by atoms with Crippen molar-refractivity contribution in [1.82, 2.24) is 0 Å². The van der Waals surface area contributed by atoms with E-state index in [-0.39, 0.29) is 18.3 Å². The van der Waals surface area contributed by atoms with Crippen molar-refractivity contribution in [3.05, 3.63) is 35.6 Å². The Hall–Kier alpha value is -1.42. The summed E-state index contributed by atoms with van der Waals surface area (Å²) in [5, 5.41) is 0. The van der Waals surface area contributed by atoms with Crippen molar-refractivity contribution in [1.29, 1.82) is 0 Å². The number of hydrogen-bond donors (Lipinski definition) is 1. The predicted molar refractivity (Wildman–Crippen MR) is 59.3 cm³/mol. The fourth-order valence-corrected chi connectivity index (χ4v) is 1.32. The van der Waals surface area contributed by atoms with E-state index in [0.29, 0.717) is 5.56 Å². The summed E-state index contributed by atoms with van der Waals surface area (Å²) < 4.78 is 17.8. The maximum atomic E-state index is 12.9. The third-order valence-electron chi connectivity index (χ3n) is 2.00. The maximum absolute atomic E-state index is 12.9. The van der Waals surface area contributed by atoms with Crippen LogP contribution in [0.5, 0.6) is 0 Å². The van der Waals surface area contributed by atoms with Gasteiger partial charge in [0.15, 0.2) is 0 Å². The third kappa shape index (κ3) is 3.98. The lowest BCUT2D eigenvalue weighted by atomic mass is 10.1. The minimum Gasteiger partial charge on any atom is -0.462 e. The van der Waals surface area contributed by atoms with E-state index in [1.807, 2.05) is 0 Å². The summed E-state index contributed by atoms with van der Waals surface area (Å²) in [5.41, 5.74) is 6.34. The normalized spacial score (nSPS) is 12.6. The fraction of sp³-hybridized carbons (Fsp3) is 0.417.